The minimum absolute atomic E-state index is 0.0748. The minimum atomic E-state index is -4.31. The van der Waals surface area contributed by atoms with Gasteiger partial charge in [-0.15, -0.1) is 0 Å². The molecule has 0 heterocycles. The van der Waals surface area contributed by atoms with E-state index in [1.165, 1.54) is 128 Å². The topological polar surface area (TPSA) is 105 Å². The van der Waals surface area contributed by atoms with Gasteiger partial charge in [-0.1, -0.05) is 174 Å². The molecule has 3 N–H and O–H groups in total. The molecule has 3 atom stereocenters. The average molecular weight is 760 g/mol. The number of aliphatic hydroxyl groups excluding tert-OH is 1. The molecule has 0 aliphatic heterocycles. The van der Waals surface area contributed by atoms with Crippen LogP contribution in [-0.4, -0.2) is 73.4 Å². The summed E-state index contributed by atoms with van der Waals surface area (Å²) in [4.78, 5) is 23.1. The molecule has 0 aliphatic rings. The van der Waals surface area contributed by atoms with Gasteiger partial charge in [0, 0.05) is 6.42 Å². The van der Waals surface area contributed by atoms with Crippen molar-refractivity contribution in [3.05, 3.63) is 12.2 Å². The summed E-state index contributed by atoms with van der Waals surface area (Å²) in [5.41, 5.74) is 0. The zero-order valence-corrected chi connectivity index (χ0v) is 36.0. The lowest BCUT2D eigenvalue weighted by molar-refractivity contribution is -0.870. The first-order chi connectivity index (χ1) is 25.0. The van der Waals surface area contributed by atoms with Crippen molar-refractivity contribution in [2.24, 2.45) is 0 Å². The molecule has 0 aromatic rings. The number of likely N-dealkylation sites (N-methyl/N-ethyl adjacent to an activating group) is 1. The highest BCUT2D eigenvalue weighted by atomic mass is 31.2. The van der Waals surface area contributed by atoms with Crippen molar-refractivity contribution in [3.8, 4) is 0 Å². The molecule has 0 spiro atoms. The molecule has 3 unspecified atom stereocenters. The van der Waals surface area contributed by atoms with Gasteiger partial charge in [-0.3, -0.25) is 13.8 Å². The zero-order valence-electron chi connectivity index (χ0n) is 35.1. The highest BCUT2D eigenvalue weighted by Gasteiger charge is 2.28. The van der Waals surface area contributed by atoms with Crippen LogP contribution in [-0.2, 0) is 18.4 Å². The number of carbonyl (C=O) groups is 1. The van der Waals surface area contributed by atoms with E-state index >= 15 is 0 Å². The summed E-state index contributed by atoms with van der Waals surface area (Å²) in [6, 6.07) is -0.759. The van der Waals surface area contributed by atoms with E-state index in [1.807, 2.05) is 21.1 Å². The Balaban J connectivity index is 4.34. The molecule has 310 valence electrons. The van der Waals surface area contributed by atoms with E-state index < -0.39 is 20.0 Å². The fourth-order valence-corrected chi connectivity index (χ4v) is 7.19. The number of hydrogen-bond donors (Lipinski definition) is 3. The number of phosphoric acid groups is 1. The van der Waals surface area contributed by atoms with Crippen LogP contribution < -0.4 is 5.32 Å². The Morgan fingerprint density at radius 3 is 1.52 bits per heavy atom. The van der Waals surface area contributed by atoms with Crippen LogP contribution in [0.2, 0.25) is 0 Å². The van der Waals surface area contributed by atoms with E-state index in [4.69, 9.17) is 9.05 Å². The summed E-state index contributed by atoms with van der Waals surface area (Å²) in [5.74, 6) is -0.154. The van der Waals surface area contributed by atoms with Crippen molar-refractivity contribution < 1.29 is 32.9 Å². The maximum atomic E-state index is 12.8. The summed E-state index contributed by atoms with van der Waals surface area (Å²) >= 11 is 0. The van der Waals surface area contributed by atoms with Gasteiger partial charge >= 0.3 is 7.82 Å². The van der Waals surface area contributed by atoms with Crippen LogP contribution in [0.3, 0.4) is 0 Å². The van der Waals surface area contributed by atoms with Crippen LogP contribution in [0.4, 0.5) is 0 Å². The van der Waals surface area contributed by atoms with Crippen molar-refractivity contribution in [1.82, 2.24) is 5.32 Å². The number of allylic oxidation sites excluding steroid dienone is 2. The second kappa shape index (κ2) is 35.9. The summed E-state index contributed by atoms with van der Waals surface area (Å²) in [7, 11) is 1.61. The predicted octanol–water partition coefficient (Wildman–Crippen LogP) is 12.0. The first-order valence-electron chi connectivity index (χ1n) is 22.1. The summed E-state index contributed by atoms with van der Waals surface area (Å²) < 4.78 is 23.6. The molecule has 0 aromatic heterocycles. The SMILES string of the molecule is CCCCC/C=C\CCCCCCCC(=O)NC(COP(=O)(O)OCC[N+](C)(C)C)C(O)CCCCCCCCCCCCCCCCCCCC. The third-order valence-corrected chi connectivity index (χ3v) is 11.0. The van der Waals surface area contributed by atoms with E-state index in [0.29, 0.717) is 23.9 Å². The fraction of sp³-hybridized carbons (Fsp3) is 0.930. The minimum Gasteiger partial charge on any atom is -0.391 e. The second-order valence-corrected chi connectivity index (χ2v) is 17.9. The zero-order chi connectivity index (χ0) is 38.6. The van der Waals surface area contributed by atoms with E-state index in [1.54, 1.807) is 0 Å². The van der Waals surface area contributed by atoms with Crippen LogP contribution in [0.25, 0.3) is 0 Å². The van der Waals surface area contributed by atoms with E-state index in [2.05, 4.69) is 31.3 Å². The van der Waals surface area contributed by atoms with Gasteiger partial charge in [-0.25, -0.2) is 4.57 Å². The van der Waals surface area contributed by atoms with Crippen molar-refractivity contribution in [2.45, 2.75) is 219 Å². The van der Waals surface area contributed by atoms with Gasteiger partial charge in [0.05, 0.1) is 39.9 Å². The van der Waals surface area contributed by atoms with Gasteiger partial charge in [-0.2, -0.15) is 0 Å². The highest BCUT2D eigenvalue weighted by Crippen LogP contribution is 2.43. The number of carbonyl (C=O) groups excluding carboxylic acids is 1. The number of unbranched alkanes of at least 4 members (excludes halogenated alkanes) is 25. The van der Waals surface area contributed by atoms with Crippen LogP contribution >= 0.6 is 7.82 Å². The Morgan fingerprint density at radius 1 is 0.635 bits per heavy atom. The number of aliphatic hydroxyl groups is 1. The lowest BCUT2D eigenvalue weighted by atomic mass is 10.0. The largest absolute Gasteiger partial charge is 0.472 e. The Morgan fingerprint density at radius 2 is 1.04 bits per heavy atom. The van der Waals surface area contributed by atoms with Crippen LogP contribution in [0.5, 0.6) is 0 Å². The maximum absolute atomic E-state index is 12.8. The molecule has 0 saturated carbocycles. The first-order valence-corrected chi connectivity index (χ1v) is 23.5. The normalized spacial score (nSPS) is 14.5. The number of rotatable bonds is 40. The maximum Gasteiger partial charge on any atom is 0.472 e. The highest BCUT2D eigenvalue weighted by molar-refractivity contribution is 7.47. The Bertz CT molecular complexity index is 865. The molecule has 52 heavy (non-hydrogen) atoms. The van der Waals surface area contributed by atoms with Crippen molar-refractivity contribution >= 4 is 13.7 Å². The average Bonchev–Trinajstić information content (AvgIpc) is 3.09. The lowest BCUT2D eigenvalue weighted by Crippen LogP contribution is -2.46. The predicted molar refractivity (Wildman–Crippen MR) is 222 cm³/mol. The van der Waals surface area contributed by atoms with Gasteiger partial charge < -0.3 is 19.8 Å². The fourth-order valence-electron chi connectivity index (χ4n) is 6.45. The number of nitrogens with zero attached hydrogens (tertiary/aromatic N) is 1. The Labute approximate surface area is 322 Å². The standard InChI is InChI=1S/C43H87N2O6P/c1-6-8-10-12-14-16-18-20-21-22-23-24-25-26-28-30-32-34-36-42(46)41(40-51-52(48,49)50-39-38-45(3,4)5)44-43(47)37-35-33-31-29-27-19-17-15-13-11-9-7-2/h15,17,41-42,46H,6-14,16,18-40H2,1-5H3,(H-,44,47,48,49)/p+1/b17-15-. The van der Waals surface area contributed by atoms with Crippen molar-refractivity contribution in [2.75, 3.05) is 40.9 Å². The van der Waals surface area contributed by atoms with Gasteiger partial charge in [0.15, 0.2) is 0 Å². The molecular formula is C43H88N2O6P+. The molecule has 0 rings (SSSR count). The van der Waals surface area contributed by atoms with Crippen molar-refractivity contribution in [1.29, 1.82) is 0 Å². The molecule has 1 amide bonds. The van der Waals surface area contributed by atoms with Gasteiger partial charge in [0.25, 0.3) is 0 Å². The van der Waals surface area contributed by atoms with Crippen LogP contribution in [0, 0.1) is 0 Å². The summed E-state index contributed by atoms with van der Waals surface area (Å²) in [6.45, 7) is 4.86. The number of amides is 1. The number of nitrogens with one attached hydrogen (secondary N) is 1. The molecule has 0 saturated heterocycles. The Kier molecular flexibility index (Phi) is 35.4. The molecule has 0 bridgehead atoms. The first kappa shape index (κ1) is 51.2. The monoisotopic (exact) mass is 760 g/mol. The summed E-state index contributed by atoms with van der Waals surface area (Å²) in [5, 5.41) is 13.9. The second-order valence-electron chi connectivity index (χ2n) is 16.4. The van der Waals surface area contributed by atoms with Gasteiger partial charge in [0.1, 0.15) is 13.2 Å². The van der Waals surface area contributed by atoms with E-state index in [9.17, 15) is 19.4 Å². The van der Waals surface area contributed by atoms with E-state index in [0.717, 1.165) is 51.4 Å². The number of phosphoric ester groups is 1. The van der Waals surface area contributed by atoms with Gasteiger partial charge in [0.2, 0.25) is 5.91 Å². The van der Waals surface area contributed by atoms with E-state index in [-0.39, 0.29) is 19.1 Å². The third kappa shape index (κ3) is 37.6. The molecule has 0 fully saturated rings. The third-order valence-electron chi connectivity index (χ3n) is 10.0. The van der Waals surface area contributed by atoms with Crippen LogP contribution in [0.1, 0.15) is 206 Å². The number of quaternary nitrogens is 1. The lowest BCUT2D eigenvalue weighted by Gasteiger charge is -2.26. The van der Waals surface area contributed by atoms with Gasteiger partial charge in [-0.05, 0) is 38.5 Å². The Hall–Kier alpha value is -0.760. The van der Waals surface area contributed by atoms with Crippen molar-refractivity contribution in [3.63, 3.8) is 0 Å². The molecule has 9 heteroatoms. The smallest absolute Gasteiger partial charge is 0.391 e. The molecule has 8 nitrogen and oxygen atoms in total. The number of hydrogen-bond acceptors (Lipinski definition) is 5. The summed E-state index contributed by atoms with van der Waals surface area (Å²) in [6.07, 6.45) is 39.5. The quantitative estimate of drug-likeness (QED) is 0.0249. The molecule has 0 aliphatic carbocycles. The molecule has 0 radical (unpaired) electrons. The molecule has 0 aromatic carbocycles. The molecular weight excluding hydrogens is 671 g/mol. The van der Waals surface area contributed by atoms with Crippen LogP contribution in [0.15, 0.2) is 12.2 Å².